The summed E-state index contributed by atoms with van der Waals surface area (Å²) in [7, 11) is 3.82. The fraction of sp³-hybridized carbons (Fsp3) is 0.364. The Bertz CT molecular complexity index is 1020. The van der Waals surface area contributed by atoms with Crippen molar-refractivity contribution in [2.75, 3.05) is 27.2 Å². The smallest absolute Gasteiger partial charge is 0.375 e. The average molecular weight is 710 g/mol. The van der Waals surface area contributed by atoms with Gasteiger partial charge in [0.1, 0.15) is 0 Å². The molecule has 4 nitrogen and oxygen atoms in total. The van der Waals surface area contributed by atoms with Gasteiger partial charge in [0.25, 0.3) is 0 Å². The number of carbonyl (C=O) groups is 1. The van der Waals surface area contributed by atoms with Crippen molar-refractivity contribution in [2.24, 2.45) is 0 Å². The van der Waals surface area contributed by atoms with E-state index in [1.807, 2.05) is 25.9 Å². The first kappa shape index (κ1) is 29.1. The topological polar surface area (TPSA) is 42.4 Å². The van der Waals surface area contributed by atoms with Crippen LogP contribution in [0.3, 0.4) is 0 Å². The van der Waals surface area contributed by atoms with Crippen molar-refractivity contribution in [1.29, 1.82) is 0 Å². The maximum Gasteiger partial charge on any atom is 0.416 e. The number of rotatable bonds is 6. The van der Waals surface area contributed by atoms with Gasteiger partial charge in [0.2, 0.25) is 0 Å². The third-order valence-electron chi connectivity index (χ3n) is 4.06. The SMILES string of the molecule is Cc1[c-]c(C=O)cc(Cl)c1.Cc1nc2c(COCCN(C)C)cc(C(F)(F)F)cc2s1.[U]. The molecule has 0 fully saturated rings. The van der Waals surface area contributed by atoms with Crippen molar-refractivity contribution in [2.45, 2.75) is 26.6 Å². The Hall–Kier alpha value is -0.948. The van der Waals surface area contributed by atoms with E-state index in [0.717, 1.165) is 35.5 Å². The van der Waals surface area contributed by atoms with Crippen LogP contribution in [0, 0.1) is 51.0 Å². The van der Waals surface area contributed by atoms with Gasteiger partial charge in [-0.1, -0.05) is 6.92 Å². The summed E-state index contributed by atoms with van der Waals surface area (Å²) in [5.41, 5.74) is 1.84. The molecular formula is C22H23ClF3N2O2SU-. The Kier molecular flexibility index (Phi) is 11.9. The molecule has 10 heteroatoms. The summed E-state index contributed by atoms with van der Waals surface area (Å²) >= 11 is 6.92. The van der Waals surface area contributed by atoms with Gasteiger partial charge in [-0.25, -0.2) is 4.98 Å². The quantitative estimate of drug-likeness (QED) is 0.180. The third-order valence-corrected chi connectivity index (χ3v) is 5.20. The van der Waals surface area contributed by atoms with E-state index >= 15 is 0 Å². The number of likely N-dealkylation sites (N-methyl/N-ethyl adjacent to an activating group) is 1. The molecule has 0 aliphatic heterocycles. The van der Waals surface area contributed by atoms with Crippen molar-refractivity contribution in [3.63, 3.8) is 0 Å². The van der Waals surface area contributed by atoms with E-state index in [-0.39, 0.29) is 37.7 Å². The Morgan fingerprint density at radius 3 is 2.47 bits per heavy atom. The number of halogens is 4. The number of hydrogen-bond donors (Lipinski definition) is 0. The number of aldehydes is 1. The third kappa shape index (κ3) is 9.13. The van der Waals surface area contributed by atoms with Crippen molar-refractivity contribution < 1.29 is 53.8 Å². The number of aromatic nitrogens is 1. The Labute approximate surface area is 218 Å². The maximum absolute atomic E-state index is 12.9. The first-order valence-corrected chi connectivity index (χ1v) is 10.5. The molecule has 0 atom stereocenters. The van der Waals surface area contributed by atoms with E-state index in [0.29, 0.717) is 33.0 Å². The molecule has 0 spiro atoms. The molecule has 0 saturated carbocycles. The molecule has 1 heterocycles. The van der Waals surface area contributed by atoms with Crippen LogP contribution in [-0.2, 0) is 17.5 Å². The molecule has 2 aromatic carbocycles. The number of aryl methyl sites for hydroxylation is 2. The molecule has 0 radical (unpaired) electrons. The van der Waals surface area contributed by atoms with Gasteiger partial charge >= 0.3 is 6.18 Å². The zero-order valence-corrected chi connectivity index (χ0v) is 23.9. The number of alkyl halides is 3. The molecule has 1 aromatic heterocycles. The number of nitrogens with zero attached hydrogens (tertiary/aromatic N) is 2. The molecule has 0 N–H and O–H groups in total. The normalized spacial score (nSPS) is 11.2. The summed E-state index contributed by atoms with van der Waals surface area (Å²) in [4.78, 5) is 16.5. The fourth-order valence-corrected chi connectivity index (χ4v) is 3.87. The summed E-state index contributed by atoms with van der Waals surface area (Å²) < 4.78 is 44.8. The standard InChI is InChI=1S/C14H17F3N2OS.C8H6ClO.U/c1-9-18-13-10(8-20-5-4-19(2)3)6-11(14(15,16)17)7-12(13)21-9;1-6-2-7(5-10)4-8(9)3-6;/h6-7H,4-5,8H2,1-3H3;3-5H,1H3;/q;-1;. The second-order valence-corrected chi connectivity index (χ2v) is 8.79. The molecule has 0 unspecified atom stereocenters. The van der Waals surface area contributed by atoms with E-state index < -0.39 is 11.7 Å². The van der Waals surface area contributed by atoms with Crippen molar-refractivity contribution >= 4 is 39.4 Å². The Morgan fingerprint density at radius 1 is 1.22 bits per heavy atom. The van der Waals surface area contributed by atoms with E-state index in [1.165, 1.54) is 11.3 Å². The van der Waals surface area contributed by atoms with Gasteiger partial charge in [0, 0.05) is 43.2 Å². The summed E-state index contributed by atoms with van der Waals surface area (Å²) in [6.07, 6.45) is -3.62. The van der Waals surface area contributed by atoms with Gasteiger partial charge < -0.3 is 14.4 Å². The van der Waals surface area contributed by atoms with Crippen LogP contribution < -0.4 is 0 Å². The van der Waals surface area contributed by atoms with Crippen LogP contribution in [0.4, 0.5) is 13.2 Å². The number of ether oxygens (including phenoxy) is 1. The first-order chi connectivity index (χ1) is 14.5. The molecule has 32 heavy (non-hydrogen) atoms. The van der Waals surface area contributed by atoms with Gasteiger partial charge in [-0.3, -0.25) is 0 Å². The van der Waals surface area contributed by atoms with Crippen LogP contribution in [0.1, 0.15) is 32.1 Å². The summed E-state index contributed by atoms with van der Waals surface area (Å²) in [6.45, 7) is 4.96. The average Bonchev–Trinajstić information content (AvgIpc) is 3.04. The van der Waals surface area contributed by atoms with Crippen LogP contribution in [0.2, 0.25) is 5.02 Å². The minimum Gasteiger partial charge on any atom is -0.375 e. The van der Waals surface area contributed by atoms with E-state index in [4.69, 9.17) is 16.3 Å². The molecule has 0 saturated heterocycles. The zero-order valence-electron chi connectivity index (χ0n) is 18.1. The Morgan fingerprint density at radius 2 is 1.91 bits per heavy atom. The van der Waals surface area contributed by atoms with Gasteiger partial charge in [-0.2, -0.15) is 13.2 Å². The molecular weight excluding hydrogens is 687 g/mol. The molecule has 3 rings (SSSR count). The van der Waals surface area contributed by atoms with Gasteiger partial charge in [-0.05, 0) is 38.2 Å². The molecule has 172 valence electrons. The molecule has 0 aliphatic carbocycles. The number of hydrogen-bond acceptors (Lipinski definition) is 5. The van der Waals surface area contributed by atoms with Crippen molar-refractivity contribution in [3.05, 3.63) is 62.6 Å². The molecule has 0 bridgehead atoms. The fourth-order valence-electron chi connectivity index (χ4n) is 2.67. The second kappa shape index (κ2) is 13.1. The summed E-state index contributed by atoms with van der Waals surface area (Å²) in [5.74, 6) is 0. The number of benzene rings is 2. The molecule has 0 amide bonds. The van der Waals surface area contributed by atoms with Crippen LogP contribution >= 0.6 is 22.9 Å². The Balaban J connectivity index is 0.000000393. The predicted octanol–water partition coefficient (Wildman–Crippen LogP) is 5.96. The molecule has 3 aromatic rings. The zero-order chi connectivity index (χ0) is 23.2. The predicted molar refractivity (Wildman–Crippen MR) is 118 cm³/mol. The number of thiazole rings is 1. The minimum atomic E-state index is -4.36. The largest absolute Gasteiger partial charge is 0.416 e. The van der Waals surface area contributed by atoms with Crippen LogP contribution in [0.15, 0.2) is 24.3 Å². The van der Waals surface area contributed by atoms with Gasteiger partial charge in [-0.15, -0.1) is 52.3 Å². The first-order valence-electron chi connectivity index (χ1n) is 9.34. The van der Waals surface area contributed by atoms with Gasteiger partial charge in [0.05, 0.1) is 40.3 Å². The van der Waals surface area contributed by atoms with E-state index in [2.05, 4.69) is 11.1 Å². The van der Waals surface area contributed by atoms with Gasteiger partial charge in [0.15, 0.2) is 0 Å². The van der Waals surface area contributed by atoms with E-state index in [1.54, 1.807) is 19.1 Å². The maximum atomic E-state index is 12.9. The minimum absolute atomic E-state index is 0. The van der Waals surface area contributed by atoms with Crippen molar-refractivity contribution in [3.8, 4) is 0 Å². The van der Waals surface area contributed by atoms with Crippen LogP contribution in [0.25, 0.3) is 10.2 Å². The number of fused-ring (bicyclic) bond motifs is 1. The van der Waals surface area contributed by atoms with E-state index in [9.17, 15) is 18.0 Å². The summed E-state index contributed by atoms with van der Waals surface area (Å²) in [6, 6.07) is 8.48. The molecule has 0 aliphatic rings. The van der Waals surface area contributed by atoms with Crippen LogP contribution in [-0.4, -0.2) is 43.4 Å². The van der Waals surface area contributed by atoms with Crippen LogP contribution in [0.5, 0.6) is 0 Å². The number of carbonyl (C=O) groups excluding carboxylic acids is 1. The monoisotopic (exact) mass is 709 g/mol. The summed E-state index contributed by atoms with van der Waals surface area (Å²) in [5, 5.41) is 1.33. The second-order valence-electron chi connectivity index (χ2n) is 7.12. The van der Waals surface area contributed by atoms with Crippen molar-refractivity contribution in [1.82, 2.24) is 9.88 Å².